The largest absolute Gasteiger partial charge is 0.478 e. The van der Waals surface area contributed by atoms with E-state index in [4.69, 9.17) is 5.11 Å². The Labute approximate surface area is 134 Å². The first-order valence-corrected chi connectivity index (χ1v) is 7.68. The lowest BCUT2D eigenvalue weighted by atomic mass is 10.1. The summed E-state index contributed by atoms with van der Waals surface area (Å²) in [5, 5.41) is 12.4. The summed E-state index contributed by atoms with van der Waals surface area (Å²) in [6.07, 6.45) is 0.937. The van der Waals surface area contributed by atoms with Gasteiger partial charge >= 0.3 is 5.97 Å². The van der Waals surface area contributed by atoms with Crippen LogP contribution in [-0.2, 0) is 6.54 Å². The van der Waals surface area contributed by atoms with Crippen LogP contribution in [0.5, 0.6) is 0 Å². The Hall–Kier alpha value is -2.40. The van der Waals surface area contributed by atoms with Gasteiger partial charge in [-0.3, -0.25) is 0 Å². The molecular weight excluding hydrogens is 295 g/mol. The van der Waals surface area contributed by atoms with Crippen molar-refractivity contribution in [2.75, 3.05) is 18.0 Å². The normalized spacial score (nSPS) is 17.4. The maximum Gasteiger partial charge on any atom is 0.335 e. The van der Waals surface area contributed by atoms with Crippen molar-refractivity contribution >= 4 is 11.7 Å². The van der Waals surface area contributed by atoms with E-state index in [1.165, 1.54) is 6.07 Å². The summed E-state index contributed by atoms with van der Waals surface area (Å²) in [6, 6.07) is 14.0. The summed E-state index contributed by atoms with van der Waals surface area (Å²) in [6.45, 7) is 2.17. The van der Waals surface area contributed by atoms with E-state index in [1.807, 2.05) is 17.0 Å². The Morgan fingerprint density at radius 2 is 2.09 bits per heavy atom. The van der Waals surface area contributed by atoms with Gasteiger partial charge in [0.1, 0.15) is 5.82 Å². The van der Waals surface area contributed by atoms with E-state index in [0.29, 0.717) is 17.8 Å². The number of nitrogens with one attached hydrogen (secondary N) is 1. The number of carboxylic acids is 1. The molecule has 1 aliphatic heterocycles. The zero-order valence-corrected chi connectivity index (χ0v) is 12.7. The number of benzene rings is 2. The second-order valence-corrected chi connectivity index (χ2v) is 5.77. The molecule has 0 radical (unpaired) electrons. The Balaban J connectivity index is 1.57. The molecule has 1 atom stereocenters. The second-order valence-electron chi connectivity index (χ2n) is 5.77. The smallest absolute Gasteiger partial charge is 0.335 e. The van der Waals surface area contributed by atoms with Gasteiger partial charge in [-0.1, -0.05) is 24.3 Å². The predicted molar refractivity (Wildman–Crippen MR) is 87.3 cm³/mol. The molecule has 2 aromatic rings. The predicted octanol–water partition coefficient (Wildman–Crippen LogP) is 2.89. The third kappa shape index (κ3) is 3.68. The van der Waals surface area contributed by atoms with Crippen molar-refractivity contribution in [2.45, 2.75) is 19.0 Å². The summed E-state index contributed by atoms with van der Waals surface area (Å²) in [5.74, 6) is -1.11. The Kier molecular flexibility index (Phi) is 4.57. The number of rotatable bonds is 5. The first kappa shape index (κ1) is 15.5. The van der Waals surface area contributed by atoms with Crippen molar-refractivity contribution in [2.24, 2.45) is 0 Å². The van der Waals surface area contributed by atoms with Gasteiger partial charge in [-0.15, -0.1) is 0 Å². The fraction of sp³-hybridized carbons (Fsp3) is 0.278. The van der Waals surface area contributed by atoms with E-state index in [-0.39, 0.29) is 11.9 Å². The highest BCUT2D eigenvalue weighted by Crippen LogP contribution is 2.23. The average Bonchev–Trinajstić information content (AvgIpc) is 3.02. The minimum absolute atomic E-state index is 0.192. The monoisotopic (exact) mass is 314 g/mol. The van der Waals surface area contributed by atoms with Gasteiger partial charge in [0.2, 0.25) is 0 Å². The molecule has 2 N–H and O–H groups in total. The number of aromatic carboxylic acids is 1. The van der Waals surface area contributed by atoms with Crippen molar-refractivity contribution in [1.29, 1.82) is 0 Å². The molecule has 0 spiro atoms. The molecule has 3 rings (SSSR count). The van der Waals surface area contributed by atoms with Crippen LogP contribution in [0, 0.1) is 5.82 Å². The Morgan fingerprint density at radius 3 is 2.87 bits per heavy atom. The highest BCUT2D eigenvalue weighted by molar-refractivity contribution is 5.87. The van der Waals surface area contributed by atoms with Gasteiger partial charge in [-0.25, -0.2) is 9.18 Å². The van der Waals surface area contributed by atoms with Crippen molar-refractivity contribution in [3.63, 3.8) is 0 Å². The number of para-hydroxylation sites is 1. The van der Waals surface area contributed by atoms with Crippen LogP contribution in [0.4, 0.5) is 10.1 Å². The Morgan fingerprint density at radius 1 is 1.26 bits per heavy atom. The highest BCUT2D eigenvalue weighted by Gasteiger charge is 2.23. The fourth-order valence-electron chi connectivity index (χ4n) is 2.93. The summed E-state index contributed by atoms with van der Waals surface area (Å²) in [7, 11) is 0. The van der Waals surface area contributed by atoms with Gasteiger partial charge in [0.25, 0.3) is 0 Å². The minimum atomic E-state index is -0.918. The topological polar surface area (TPSA) is 52.6 Å². The van der Waals surface area contributed by atoms with Crippen LogP contribution in [-0.4, -0.2) is 30.2 Å². The van der Waals surface area contributed by atoms with Crippen LogP contribution in [0.2, 0.25) is 0 Å². The number of carbonyl (C=O) groups is 1. The van der Waals surface area contributed by atoms with Crippen LogP contribution in [0.15, 0.2) is 48.5 Å². The number of anilines is 1. The summed E-state index contributed by atoms with van der Waals surface area (Å²) in [5.41, 5.74) is 1.88. The molecule has 0 aliphatic carbocycles. The number of nitrogens with zero attached hydrogens (tertiary/aromatic N) is 1. The van der Waals surface area contributed by atoms with Crippen LogP contribution in [0.1, 0.15) is 22.3 Å². The highest BCUT2D eigenvalue weighted by atomic mass is 19.1. The molecule has 1 heterocycles. The lowest BCUT2D eigenvalue weighted by molar-refractivity contribution is 0.0696. The number of hydrogen-bond acceptors (Lipinski definition) is 3. The minimum Gasteiger partial charge on any atom is -0.478 e. The molecule has 0 bridgehead atoms. The molecule has 1 aliphatic rings. The third-order valence-corrected chi connectivity index (χ3v) is 4.15. The Bertz CT molecular complexity index is 705. The van der Waals surface area contributed by atoms with E-state index >= 15 is 0 Å². The van der Waals surface area contributed by atoms with Crippen LogP contribution >= 0.6 is 0 Å². The fourth-order valence-corrected chi connectivity index (χ4v) is 2.93. The van der Waals surface area contributed by atoms with Gasteiger partial charge in [0, 0.05) is 25.7 Å². The first-order chi connectivity index (χ1) is 11.1. The molecule has 4 nitrogen and oxygen atoms in total. The van der Waals surface area contributed by atoms with Gasteiger partial charge in [-0.2, -0.15) is 0 Å². The average molecular weight is 314 g/mol. The molecule has 120 valence electrons. The van der Waals surface area contributed by atoms with E-state index in [2.05, 4.69) is 5.32 Å². The molecular formula is C18H19FN2O2. The number of carboxylic acid groups (broad SMARTS) is 1. The lowest BCUT2D eigenvalue weighted by Gasteiger charge is -2.19. The van der Waals surface area contributed by atoms with Crippen LogP contribution in [0.3, 0.4) is 0 Å². The molecule has 1 unspecified atom stereocenters. The summed E-state index contributed by atoms with van der Waals surface area (Å²) < 4.78 is 13.8. The number of halogens is 1. The molecule has 5 heteroatoms. The molecule has 23 heavy (non-hydrogen) atoms. The molecule has 1 fully saturated rings. The second kappa shape index (κ2) is 6.79. The van der Waals surface area contributed by atoms with E-state index < -0.39 is 5.97 Å². The van der Waals surface area contributed by atoms with Crippen molar-refractivity contribution in [3.8, 4) is 0 Å². The molecule has 0 saturated carbocycles. The SMILES string of the molecule is O=C(O)c1cccc(CNC2CCN(c3ccccc3F)C2)c1. The zero-order valence-electron chi connectivity index (χ0n) is 12.7. The number of hydrogen-bond donors (Lipinski definition) is 2. The summed E-state index contributed by atoms with van der Waals surface area (Å²) >= 11 is 0. The van der Waals surface area contributed by atoms with E-state index in [1.54, 1.807) is 30.3 Å². The van der Waals surface area contributed by atoms with Crippen molar-refractivity contribution in [3.05, 3.63) is 65.5 Å². The standard InChI is InChI=1S/C18H19FN2O2/c19-16-6-1-2-7-17(16)21-9-8-15(12-21)20-11-13-4-3-5-14(10-13)18(22)23/h1-7,10,15,20H,8-9,11-12H2,(H,22,23). The molecule has 1 saturated heterocycles. The van der Waals surface area contributed by atoms with E-state index in [9.17, 15) is 9.18 Å². The summed E-state index contributed by atoms with van der Waals surface area (Å²) in [4.78, 5) is 13.0. The van der Waals surface area contributed by atoms with Crippen molar-refractivity contribution < 1.29 is 14.3 Å². The van der Waals surface area contributed by atoms with Gasteiger partial charge in [-0.05, 0) is 36.2 Å². The first-order valence-electron chi connectivity index (χ1n) is 7.68. The van der Waals surface area contributed by atoms with E-state index in [0.717, 1.165) is 25.1 Å². The van der Waals surface area contributed by atoms with Crippen LogP contribution < -0.4 is 10.2 Å². The van der Waals surface area contributed by atoms with Gasteiger partial charge in [0.05, 0.1) is 11.3 Å². The van der Waals surface area contributed by atoms with Gasteiger partial charge < -0.3 is 15.3 Å². The lowest BCUT2D eigenvalue weighted by Crippen LogP contribution is -2.32. The molecule has 2 aromatic carbocycles. The maximum absolute atomic E-state index is 13.8. The quantitative estimate of drug-likeness (QED) is 0.891. The molecule has 0 aromatic heterocycles. The maximum atomic E-state index is 13.8. The third-order valence-electron chi connectivity index (χ3n) is 4.15. The van der Waals surface area contributed by atoms with Crippen LogP contribution in [0.25, 0.3) is 0 Å². The zero-order chi connectivity index (χ0) is 16.2. The molecule has 0 amide bonds. The van der Waals surface area contributed by atoms with Gasteiger partial charge in [0.15, 0.2) is 0 Å². The van der Waals surface area contributed by atoms with Crippen molar-refractivity contribution in [1.82, 2.24) is 5.32 Å².